The van der Waals surface area contributed by atoms with Crippen LogP contribution in [0.3, 0.4) is 0 Å². The number of aliphatic hydroxyl groups is 1. The molecule has 2 atom stereocenters. The molecule has 1 aliphatic heterocycles. The SMILES string of the molecule is [B]C(O)(c1cn(C(=O)CCCCCCC/C=C\C/C=C\CCCCC)c2ccccc12)[C@H]1CCCN1C. The number of carbonyl (C=O) groups is 1. The highest BCUT2D eigenvalue weighted by Gasteiger charge is 2.40. The molecule has 5 heteroatoms. The zero-order chi connectivity index (χ0) is 26.5. The van der Waals surface area contributed by atoms with Crippen LogP contribution in [0.2, 0.25) is 0 Å². The summed E-state index contributed by atoms with van der Waals surface area (Å²) < 4.78 is 1.71. The second kappa shape index (κ2) is 15.3. The van der Waals surface area contributed by atoms with E-state index in [1.54, 1.807) is 10.8 Å². The van der Waals surface area contributed by atoms with Crippen LogP contribution in [0.25, 0.3) is 10.9 Å². The van der Waals surface area contributed by atoms with Gasteiger partial charge in [0.2, 0.25) is 5.91 Å². The van der Waals surface area contributed by atoms with E-state index in [2.05, 4.69) is 36.1 Å². The summed E-state index contributed by atoms with van der Waals surface area (Å²) >= 11 is 0. The normalized spacial score (nSPS) is 18.4. The molecular weight excluding hydrogens is 455 g/mol. The molecule has 1 N–H and O–H groups in total. The Morgan fingerprint density at radius 2 is 1.70 bits per heavy atom. The van der Waals surface area contributed by atoms with Crippen molar-refractivity contribution in [2.45, 2.75) is 108 Å². The van der Waals surface area contributed by atoms with Gasteiger partial charge in [-0.15, -0.1) is 0 Å². The summed E-state index contributed by atoms with van der Waals surface area (Å²) in [6.45, 7) is 3.17. The fraction of sp³-hybridized carbons (Fsp3) is 0.594. The minimum Gasteiger partial charge on any atom is -0.394 e. The number of aromatic nitrogens is 1. The molecule has 3 rings (SSSR count). The van der Waals surface area contributed by atoms with Crippen LogP contribution in [0.5, 0.6) is 0 Å². The molecule has 1 unspecified atom stereocenters. The van der Waals surface area contributed by atoms with Gasteiger partial charge >= 0.3 is 0 Å². The number of fused-ring (bicyclic) bond motifs is 1. The van der Waals surface area contributed by atoms with Crippen LogP contribution in [-0.2, 0) is 5.50 Å². The van der Waals surface area contributed by atoms with E-state index in [0.717, 1.165) is 62.4 Å². The van der Waals surface area contributed by atoms with E-state index in [1.807, 2.05) is 31.3 Å². The monoisotopic (exact) mass is 502 g/mol. The van der Waals surface area contributed by atoms with E-state index < -0.39 is 5.50 Å². The lowest BCUT2D eigenvalue weighted by Gasteiger charge is -2.35. The molecule has 1 aliphatic rings. The zero-order valence-corrected chi connectivity index (χ0v) is 23.2. The smallest absolute Gasteiger partial charge is 0.231 e. The highest BCUT2D eigenvalue weighted by Crippen LogP contribution is 2.36. The van der Waals surface area contributed by atoms with E-state index in [4.69, 9.17) is 7.85 Å². The topological polar surface area (TPSA) is 45.5 Å². The molecule has 1 saturated heterocycles. The predicted octanol–water partition coefficient (Wildman–Crippen LogP) is 7.50. The molecule has 1 aromatic carbocycles. The number of rotatable bonds is 16. The number of hydrogen-bond acceptors (Lipinski definition) is 3. The minimum absolute atomic E-state index is 0.0729. The molecule has 1 aromatic heterocycles. The third-order valence-electron chi connectivity index (χ3n) is 7.78. The summed E-state index contributed by atoms with van der Waals surface area (Å²) in [6, 6.07) is 7.63. The van der Waals surface area contributed by atoms with E-state index in [-0.39, 0.29) is 11.9 Å². The van der Waals surface area contributed by atoms with E-state index in [1.165, 1.54) is 38.5 Å². The summed E-state index contributed by atoms with van der Waals surface area (Å²) in [5.41, 5.74) is -0.0136. The summed E-state index contributed by atoms with van der Waals surface area (Å²) in [4.78, 5) is 15.3. The van der Waals surface area contributed by atoms with Gasteiger partial charge in [0.15, 0.2) is 0 Å². The molecule has 4 nitrogen and oxygen atoms in total. The molecule has 0 saturated carbocycles. The molecule has 2 heterocycles. The maximum atomic E-state index is 13.1. The van der Waals surface area contributed by atoms with Crippen LogP contribution in [0.4, 0.5) is 0 Å². The fourth-order valence-corrected chi connectivity index (χ4v) is 5.56. The standard InChI is InChI=1S/C32H47BN2O2/c1-3-4-5-6-7-8-9-10-11-12-13-14-15-16-17-24-31(36)35-26-28(27-21-18-19-22-29(27)35)32(33,37)30-23-20-25-34(30)2/h7-8,10-11,18-19,21-22,26,30,37H,3-6,9,12-17,20,23-25H2,1-2H3/b8-7-,11-10-/t30-,32?/m1/s1. The second-order valence-corrected chi connectivity index (χ2v) is 10.8. The van der Waals surface area contributed by atoms with Gasteiger partial charge in [0.25, 0.3) is 0 Å². The lowest BCUT2D eigenvalue weighted by molar-refractivity contribution is 0.0446. The summed E-state index contributed by atoms with van der Waals surface area (Å²) in [7, 11) is 8.53. The van der Waals surface area contributed by atoms with Crippen LogP contribution >= 0.6 is 0 Å². The Kier molecular flexibility index (Phi) is 12.2. The maximum Gasteiger partial charge on any atom is 0.231 e. The fourth-order valence-electron chi connectivity index (χ4n) is 5.56. The first-order valence-corrected chi connectivity index (χ1v) is 14.6. The molecule has 200 valence electrons. The Bertz CT molecular complexity index is 1020. The van der Waals surface area contributed by atoms with Gasteiger partial charge in [0.1, 0.15) is 7.85 Å². The Labute approximate surface area is 226 Å². The number of benzene rings is 1. The van der Waals surface area contributed by atoms with Crippen molar-refractivity contribution in [3.05, 3.63) is 60.3 Å². The quantitative estimate of drug-likeness (QED) is 0.147. The summed E-state index contributed by atoms with van der Waals surface area (Å²) in [6.07, 6.45) is 26.2. The van der Waals surface area contributed by atoms with Gasteiger partial charge in [-0.3, -0.25) is 9.36 Å². The van der Waals surface area contributed by atoms with Crippen molar-refractivity contribution in [2.24, 2.45) is 0 Å². The lowest BCUT2D eigenvalue weighted by Crippen LogP contribution is -2.46. The minimum atomic E-state index is -1.49. The van der Waals surface area contributed by atoms with Gasteiger partial charge in [-0.05, 0) is 71.0 Å². The van der Waals surface area contributed by atoms with Crippen molar-refractivity contribution < 1.29 is 9.90 Å². The number of likely N-dealkylation sites (tertiary alicyclic amines) is 1. The van der Waals surface area contributed by atoms with E-state index in [9.17, 15) is 9.90 Å². The molecule has 0 bridgehead atoms. The third kappa shape index (κ3) is 8.45. The average Bonchev–Trinajstić information content (AvgIpc) is 3.51. The molecule has 1 fully saturated rings. The molecule has 0 spiro atoms. The molecule has 37 heavy (non-hydrogen) atoms. The Morgan fingerprint density at radius 3 is 2.41 bits per heavy atom. The third-order valence-corrected chi connectivity index (χ3v) is 7.78. The number of nitrogens with zero attached hydrogens (tertiary/aromatic N) is 2. The molecule has 0 amide bonds. The predicted molar refractivity (Wildman–Crippen MR) is 157 cm³/mol. The average molecular weight is 503 g/mol. The highest BCUT2D eigenvalue weighted by molar-refractivity contribution is 6.17. The maximum absolute atomic E-state index is 13.1. The zero-order valence-electron chi connectivity index (χ0n) is 23.2. The van der Waals surface area contributed by atoms with Crippen molar-refractivity contribution >= 4 is 24.7 Å². The number of para-hydroxylation sites is 1. The van der Waals surface area contributed by atoms with Gasteiger partial charge < -0.3 is 10.0 Å². The molecule has 2 aromatic rings. The van der Waals surface area contributed by atoms with Crippen LogP contribution in [0, 0.1) is 0 Å². The second-order valence-electron chi connectivity index (χ2n) is 10.8. The van der Waals surface area contributed by atoms with Crippen molar-refractivity contribution in [2.75, 3.05) is 13.6 Å². The van der Waals surface area contributed by atoms with Crippen molar-refractivity contribution in [1.29, 1.82) is 0 Å². The summed E-state index contributed by atoms with van der Waals surface area (Å²) in [5.74, 6) is 0.0729. The Balaban J connectivity index is 1.40. The number of likely N-dealkylation sites (N-methyl/N-ethyl adjacent to an activating group) is 1. The van der Waals surface area contributed by atoms with Gasteiger partial charge in [-0.1, -0.05) is 81.5 Å². The number of hydrogen-bond donors (Lipinski definition) is 1. The van der Waals surface area contributed by atoms with Crippen molar-refractivity contribution in [1.82, 2.24) is 9.47 Å². The highest BCUT2D eigenvalue weighted by atomic mass is 16.3. The number of allylic oxidation sites excluding steroid dienone is 4. The molecule has 0 aliphatic carbocycles. The van der Waals surface area contributed by atoms with E-state index >= 15 is 0 Å². The van der Waals surface area contributed by atoms with Gasteiger partial charge in [-0.25, -0.2) is 0 Å². The van der Waals surface area contributed by atoms with E-state index in [0.29, 0.717) is 12.0 Å². The first kappa shape index (κ1) is 29.5. The van der Waals surface area contributed by atoms with Crippen molar-refractivity contribution in [3.63, 3.8) is 0 Å². The molecule has 2 radical (unpaired) electrons. The Morgan fingerprint density at radius 1 is 1.03 bits per heavy atom. The largest absolute Gasteiger partial charge is 0.394 e. The van der Waals surface area contributed by atoms with Crippen LogP contribution in [-0.4, -0.2) is 48.0 Å². The van der Waals surface area contributed by atoms with Gasteiger partial charge in [0.05, 0.1) is 11.0 Å². The van der Waals surface area contributed by atoms with Crippen LogP contribution in [0.15, 0.2) is 54.8 Å². The van der Waals surface area contributed by atoms with Gasteiger partial charge in [0, 0.05) is 29.6 Å². The first-order chi connectivity index (χ1) is 18.0. The first-order valence-electron chi connectivity index (χ1n) is 14.6. The van der Waals surface area contributed by atoms with Gasteiger partial charge in [-0.2, -0.15) is 0 Å². The van der Waals surface area contributed by atoms with Crippen LogP contribution < -0.4 is 0 Å². The molecular formula is C32H47BN2O2. The number of unbranched alkanes of at least 4 members (excludes halogenated alkanes) is 8. The Hall–Kier alpha value is -2.11. The lowest BCUT2D eigenvalue weighted by atomic mass is 9.69. The summed E-state index contributed by atoms with van der Waals surface area (Å²) in [5, 5.41) is 12.2. The number of carbonyl (C=O) groups excluding carboxylic acids is 1. The van der Waals surface area contributed by atoms with Crippen molar-refractivity contribution in [3.8, 4) is 0 Å². The van der Waals surface area contributed by atoms with Crippen LogP contribution in [0.1, 0.15) is 107 Å².